The highest BCUT2D eigenvalue weighted by molar-refractivity contribution is 5.82. The van der Waals surface area contributed by atoms with Crippen molar-refractivity contribution in [2.75, 3.05) is 54.9 Å². The van der Waals surface area contributed by atoms with Gasteiger partial charge in [0.05, 0.1) is 18.3 Å². The van der Waals surface area contributed by atoms with Gasteiger partial charge in [0, 0.05) is 50.7 Å². The number of rotatable bonds is 11. The molecular weight excluding hydrogens is 566 g/mol. The van der Waals surface area contributed by atoms with Crippen molar-refractivity contribution in [1.29, 1.82) is 0 Å². The van der Waals surface area contributed by atoms with Crippen LogP contribution >= 0.6 is 0 Å². The number of hydrogen-bond donors (Lipinski definition) is 3. The summed E-state index contributed by atoms with van der Waals surface area (Å²) in [5, 5.41) is 16.4. The van der Waals surface area contributed by atoms with Crippen LogP contribution in [0.3, 0.4) is 0 Å². The summed E-state index contributed by atoms with van der Waals surface area (Å²) in [6.07, 6.45) is 8.48. The number of ether oxygens (including phenoxy) is 1. The van der Waals surface area contributed by atoms with Crippen LogP contribution in [0.5, 0.6) is 0 Å². The summed E-state index contributed by atoms with van der Waals surface area (Å²) in [6.45, 7) is 10.9. The van der Waals surface area contributed by atoms with Crippen molar-refractivity contribution >= 4 is 5.91 Å². The Balaban J connectivity index is 1.32. The molecule has 1 aliphatic heterocycles. The summed E-state index contributed by atoms with van der Waals surface area (Å²) in [7, 11) is 10.7. The molecule has 0 spiro atoms. The number of hydroxylamine groups is 2. The maximum absolute atomic E-state index is 14.2. The molecule has 6 fully saturated rings. The number of carbonyl (C=O) groups excluding carboxylic acids is 1. The van der Waals surface area contributed by atoms with Crippen molar-refractivity contribution in [2.24, 2.45) is 58.5 Å². The van der Waals surface area contributed by atoms with Gasteiger partial charge < -0.3 is 30.7 Å². The first-order valence-corrected chi connectivity index (χ1v) is 18.2. The molecular formula is C36H67N5O4. The third kappa shape index (κ3) is 7.16. The first-order chi connectivity index (χ1) is 21.3. The summed E-state index contributed by atoms with van der Waals surface area (Å²) >= 11 is 0. The zero-order valence-corrected chi connectivity index (χ0v) is 30.0. The lowest BCUT2D eigenvalue weighted by Crippen LogP contribution is -2.62. The van der Waals surface area contributed by atoms with E-state index in [9.17, 15) is 9.90 Å². The molecule has 1 amide bonds. The third-order valence-electron chi connectivity index (χ3n) is 13.6. The molecule has 0 aromatic carbocycles. The summed E-state index contributed by atoms with van der Waals surface area (Å²) in [5.74, 6) is 3.42. The van der Waals surface area contributed by atoms with Gasteiger partial charge in [-0.2, -0.15) is 5.06 Å². The Bertz CT molecular complexity index is 992. The number of nitrogens with one attached hydrogen (secondary N) is 1. The number of amides is 1. The minimum absolute atomic E-state index is 0.0123. The first kappa shape index (κ1) is 35.5. The predicted octanol–water partition coefficient (Wildman–Crippen LogP) is 3.45. The van der Waals surface area contributed by atoms with Gasteiger partial charge in [-0.1, -0.05) is 27.2 Å². The SMILES string of the molecule is COC1C(CN2O[C@@H](CN)[C@@H]([C@H](C)O)[C@H]2C(=O)N[C@H]2C[C@H]3C[C@@H]([C@@H]2C)C3(C)C)CCCC1C1CC(CN(C)C)CC(N(C)C)C1. The minimum Gasteiger partial charge on any atom is -0.393 e. The van der Waals surface area contributed by atoms with Gasteiger partial charge in [0.2, 0.25) is 5.91 Å². The van der Waals surface area contributed by atoms with Crippen LogP contribution in [0.25, 0.3) is 0 Å². The zero-order valence-electron chi connectivity index (χ0n) is 30.0. The lowest BCUT2D eigenvalue weighted by molar-refractivity contribution is -0.186. The normalized spacial score (nSPS) is 44.2. The maximum Gasteiger partial charge on any atom is 0.240 e. The number of aliphatic hydroxyl groups excluding tert-OH is 1. The van der Waals surface area contributed by atoms with Crippen molar-refractivity contribution in [3.8, 4) is 0 Å². The molecule has 0 radical (unpaired) electrons. The van der Waals surface area contributed by atoms with Crippen LogP contribution in [0, 0.1) is 52.8 Å². The third-order valence-corrected chi connectivity index (χ3v) is 13.6. The van der Waals surface area contributed by atoms with E-state index in [2.05, 4.69) is 64.1 Å². The Morgan fingerprint density at radius 2 is 1.87 bits per heavy atom. The van der Waals surface area contributed by atoms with Crippen molar-refractivity contribution in [2.45, 2.75) is 115 Å². The standard InChI is InChI=1S/C36H67N5O4/c1-21-29-16-26(36(29,3)4)17-30(21)38-35(43)33-32(22(2)42)31(18-37)45-41(33)20-24-11-10-12-28(34(24)44-9)25-13-23(19-39(5)6)14-27(15-25)40(7)8/h21-34,42H,10-20,37H2,1-9H3,(H,38,43)/t21-,22-,23?,24?,25?,26+,27?,28?,29-,30-,31-,32+,33-,34?/m0/s1. The fraction of sp³-hybridized carbons (Fsp3) is 0.972. The molecule has 6 rings (SSSR count). The van der Waals surface area contributed by atoms with Gasteiger partial charge in [0.25, 0.3) is 0 Å². The van der Waals surface area contributed by atoms with Crippen molar-refractivity contribution in [3.63, 3.8) is 0 Å². The smallest absolute Gasteiger partial charge is 0.240 e. The van der Waals surface area contributed by atoms with Gasteiger partial charge in [-0.25, -0.2) is 0 Å². The number of nitrogens with two attached hydrogens (primary N) is 1. The van der Waals surface area contributed by atoms with Gasteiger partial charge in [-0.3, -0.25) is 9.63 Å². The monoisotopic (exact) mass is 634 g/mol. The molecule has 9 nitrogen and oxygen atoms in total. The molecule has 0 aromatic rings. The lowest BCUT2D eigenvalue weighted by atomic mass is 9.45. The van der Waals surface area contributed by atoms with Crippen molar-refractivity contribution in [1.82, 2.24) is 20.2 Å². The molecule has 1 saturated heterocycles. The number of carbonyl (C=O) groups is 1. The largest absolute Gasteiger partial charge is 0.393 e. The Labute approximate surface area is 274 Å². The van der Waals surface area contributed by atoms with Crippen LogP contribution in [0.2, 0.25) is 0 Å². The summed E-state index contributed by atoms with van der Waals surface area (Å²) < 4.78 is 6.41. The quantitative estimate of drug-likeness (QED) is 0.318. The number of fused-ring (bicyclic) bond motifs is 2. The molecule has 9 heteroatoms. The minimum atomic E-state index is -0.702. The Morgan fingerprint density at radius 3 is 2.44 bits per heavy atom. The van der Waals surface area contributed by atoms with E-state index in [1.165, 1.54) is 38.5 Å². The van der Waals surface area contributed by atoms with Gasteiger partial charge in [0.1, 0.15) is 6.04 Å². The Morgan fingerprint density at radius 1 is 1.13 bits per heavy atom. The number of aliphatic hydroxyl groups is 1. The highest BCUT2D eigenvalue weighted by atomic mass is 16.7. The topological polar surface area (TPSA) is 104 Å². The zero-order chi connectivity index (χ0) is 32.8. The average molecular weight is 634 g/mol. The van der Waals surface area contributed by atoms with Crippen LogP contribution in [-0.4, -0.2) is 117 Å². The molecule has 5 saturated carbocycles. The maximum atomic E-state index is 14.2. The second-order valence-corrected chi connectivity index (χ2v) is 17.1. The molecule has 260 valence electrons. The second-order valence-electron chi connectivity index (χ2n) is 17.1. The van der Waals surface area contributed by atoms with Gasteiger partial charge in [-0.05, 0) is 121 Å². The van der Waals surface area contributed by atoms with Crippen molar-refractivity contribution in [3.05, 3.63) is 0 Å². The average Bonchev–Trinajstić information content (AvgIpc) is 3.35. The highest BCUT2D eigenvalue weighted by Crippen LogP contribution is 2.61. The second kappa shape index (κ2) is 14.4. The van der Waals surface area contributed by atoms with E-state index in [0.29, 0.717) is 53.5 Å². The van der Waals surface area contributed by atoms with Crippen LogP contribution in [0.15, 0.2) is 0 Å². The molecule has 5 aliphatic carbocycles. The van der Waals surface area contributed by atoms with Crippen LogP contribution in [0.1, 0.15) is 79.1 Å². The molecule has 4 N–H and O–H groups in total. The van der Waals surface area contributed by atoms with Crippen LogP contribution in [-0.2, 0) is 14.4 Å². The van der Waals surface area contributed by atoms with Gasteiger partial charge in [-0.15, -0.1) is 0 Å². The molecule has 0 aromatic heterocycles. The highest BCUT2D eigenvalue weighted by Gasteiger charge is 2.57. The van der Waals surface area contributed by atoms with Gasteiger partial charge in [0.15, 0.2) is 0 Å². The fourth-order valence-corrected chi connectivity index (χ4v) is 11.0. The number of hydrogen-bond acceptors (Lipinski definition) is 8. The first-order valence-electron chi connectivity index (χ1n) is 18.2. The summed E-state index contributed by atoms with van der Waals surface area (Å²) in [6, 6.07) is 0.198. The molecule has 1 heterocycles. The Hall–Kier alpha value is -0.810. The van der Waals surface area contributed by atoms with E-state index < -0.39 is 12.1 Å². The summed E-state index contributed by atoms with van der Waals surface area (Å²) in [5.41, 5.74) is 6.57. The van der Waals surface area contributed by atoms with Crippen molar-refractivity contribution < 1.29 is 19.5 Å². The van der Waals surface area contributed by atoms with Gasteiger partial charge >= 0.3 is 0 Å². The van der Waals surface area contributed by atoms with E-state index in [0.717, 1.165) is 19.4 Å². The molecule has 6 unspecified atom stereocenters. The van der Waals surface area contributed by atoms with Crippen LogP contribution in [0.4, 0.5) is 0 Å². The predicted molar refractivity (Wildman–Crippen MR) is 179 cm³/mol. The number of methoxy groups -OCH3 is 1. The van der Waals surface area contributed by atoms with E-state index in [4.69, 9.17) is 15.3 Å². The lowest BCUT2D eigenvalue weighted by Gasteiger charge is -2.62. The molecule has 45 heavy (non-hydrogen) atoms. The van der Waals surface area contributed by atoms with E-state index in [-0.39, 0.29) is 42.5 Å². The number of nitrogens with zero attached hydrogens (tertiary/aromatic N) is 3. The van der Waals surface area contributed by atoms with E-state index in [1.54, 1.807) is 6.92 Å². The molecule has 14 atom stereocenters. The summed E-state index contributed by atoms with van der Waals surface area (Å²) in [4.78, 5) is 25.5. The molecule has 6 aliphatic rings. The Kier molecular flexibility index (Phi) is 11.3. The fourth-order valence-electron chi connectivity index (χ4n) is 11.0. The van der Waals surface area contributed by atoms with E-state index in [1.807, 2.05) is 12.2 Å². The van der Waals surface area contributed by atoms with Crippen LogP contribution < -0.4 is 11.1 Å². The van der Waals surface area contributed by atoms with E-state index >= 15 is 0 Å². The molecule has 2 bridgehead atoms.